The van der Waals surface area contributed by atoms with Gasteiger partial charge < -0.3 is 0 Å². The van der Waals surface area contributed by atoms with Crippen molar-refractivity contribution in [3.05, 3.63) is 28.0 Å². The van der Waals surface area contributed by atoms with Crippen LogP contribution in [0.4, 0.5) is 0 Å². The molecule has 0 spiro atoms. The molecule has 1 rings (SSSR count). The summed E-state index contributed by atoms with van der Waals surface area (Å²) < 4.78 is 0. The zero-order valence-electron chi connectivity index (χ0n) is 5.85. The van der Waals surface area contributed by atoms with E-state index >= 15 is 0 Å². The van der Waals surface area contributed by atoms with Gasteiger partial charge in [0.25, 0.3) is 0 Å². The molecule has 1 heterocycles. The van der Waals surface area contributed by atoms with Crippen LogP contribution in [0.15, 0.2) is 12.3 Å². The number of pyridine rings is 1. The summed E-state index contributed by atoms with van der Waals surface area (Å²) in [6.45, 7) is 0. The molecule has 5 heteroatoms. The molecule has 0 aliphatic carbocycles. The Kier molecular flexibility index (Phi) is 3.32. The summed E-state index contributed by atoms with van der Waals surface area (Å²) in [6, 6.07) is 1.40. The van der Waals surface area contributed by atoms with Crippen LogP contribution in [0.2, 0.25) is 10.2 Å². The first kappa shape index (κ1) is 9.78. The van der Waals surface area contributed by atoms with Gasteiger partial charge in [0.05, 0.1) is 10.9 Å². The Morgan fingerprint density at radius 1 is 1.50 bits per heavy atom. The number of ketones is 1. The predicted octanol–water partition coefficient (Wildman–Crippen LogP) is 2.81. The number of hydrogen-bond donors (Lipinski definition) is 0. The Labute approximate surface area is 84.5 Å². The van der Waals surface area contributed by atoms with E-state index in [1.54, 1.807) is 0 Å². The van der Waals surface area contributed by atoms with Gasteiger partial charge in [-0.3, -0.25) is 4.79 Å². The van der Waals surface area contributed by atoms with Crippen molar-refractivity contribution in [2.24, 2.45) is 0 Å². The summed E-state index contributed by atoms with van der Waals surface area (Å²) in [5, 5.41) is 0.498. The molecule has 1 aromatic rings. The molecule has 0 unspecified atom stereocenters. The topological polar surface area (TPSA) is 30.0 Å². The number of carbonyl (C=O) groups is 1. The molecule has 0 aliphatic heterocycles. The fourth-order valence-electron chi connectivity index (χ4n) is 0.699. The Hall–Kier alpha value is -0.310. The summed E-state index contributed by atoms with van der Waals surface area (Å²) >= 11 is 16.6. The average molecular weight is 224 g/mol. The Morgan fingerprint density at radius 2 is 2.17 bits per heavy atom. The summed E-state index contributed by atoms with van der Waals surface area (Å²) in [7, 11) is 0. The second-order valence-electron chi connectivity index (χ2n) is 2.04. The highest BCUT2D eigenvalue weighted by Crippen LogP contribution is 2.18. The molecule has 0 radical (unpaired) electrons. The maximum absolute atomic E-state index is 11.1. The minimum Gasteiger partial charge on any atom is -0.293 e. The normalized spacial score (nSPS) is 9.92. The Morgan fingerprint density at radius 3 is 2.75 bits per heavy atom. The van der Waals surface area contributed by atoms with Gasteiger partial charge in [-0.2, -0.15) is 0 Å². The fraction of sp³-hybridized carbons (Fsp3) is 0.143. The lowest BCUT2D eigenvalue weighted by atomic mass is 10.2. The molecule has 0 N–H and O–H groups in total. The van der Waals surface area contributed by atoms with Crippen molar-refractivity contribution >= 4 is 40.6 Å². The lowest BCUT2D eigenvalue weighted by Gasteiger charge is -1.99. The van der Waals surface area contributed by atoms with E-state index in [0.29, 0.717) is 5.56 Å². The van der Waals surface area contributed by atoms with Gasteiger partial charge in [-0.15, -0.1) is 11.6 Å². The number of aromatic nitrogens is 1. The quantitative estimate of drug-likeness (QED) is 0.439. The van der Waals surface area contributed by atoms with Gasteiger partial charge in [0, 0.05) is 11.8 Å². The molecule has 1 aromatic heterocycles. The van der Waals surface area contributed by atoms with Crippen molar-refractivity contribution in [2.45, 2.75) is 0 Å². The first-order valence-corrected chi connectivity index (χ1v) is 4.34. The van der Waals surface area contributed by atoms with Gasteiger partial charge in [-0.25, -0.2) is 4.98 Å². The second-order valence-corrected chi connectivity index (χ2v) is 3.11. The minimum atomic E-state index is -0.258. The Bertz CT molecular complexity index is 314. The summed E-state index contributed by atoms with van der Waals surface area (Å²) in [5.41, 5.74) is 0.312. The molecule has 64 valence electrons. The maximum Gasteiger partial charge on any atom is 0.179 e. The highest BCUT2D eigenvalue weighted by molar-refractivity contribution is 6.38. The van der Waals surface area contributed by atoms with Crippen molar-refractivity contribution in [1.29, 1.82) is 0 Å². The maximum atomic E-state index is 11.1. The zero-order chi connectivity index (χ0) is 9.14. The van der Waals surface area contributed by atoms with Gasteiger partial charge in [-0.1, -0.05) is 23.2 Å². The van der Waals surface area contributed by atoms with Crippen LogP contribution >= 0.6 is 34.8 Å². The molecule has 0 amide bonds. The standard InChI is InChI=1S/C7H4Cl3NO/c8-2-6(12)4-1-7(10)11-3-5(4)9/h1,3H,2H2. The van der Waals surface area contributed by atoms with Crippen LogP contribution in [0.1, 0.15) is 10.4 Å². The number of alkyl halides is 1. The lowest BCUT2D eigenvalue weighted by Crippen LogP contribution is -2.01. The van der Waals surface area contributed by atoms with Gasteiger partial charge in [0.2, 0.25) is 0 Å². The molecule has 0 bridgehead atoms. The van der Waals surface area contributed by atoms with E-state index in [4.69, 9.17) is 34.8 Å². The molecular formula is C7H4Cl3NO. The van der Waals surface area contributed by atoms with Crippen molar-refractivity contribution in [2.75, 3.05) is 5.88 Å². The smallest absolute Gasteiger partial charge is 0.179 e. The largest absolute Gasteiger partial charge is 0.293 e. The van der Waals surface area contributed by atoms with E-state index in [2.05, 4.69) is 4.98 Å². The lowest BCUT2D eigenvalue weighted by molar-refractivity contribution is 0.102. The summed E-state index contributed by atoms with van der Waals surface area (Å²) in [5.74, 6) is -0.369. The molecule has 0 saturated heterocycles. The van der Waals surface area contributed by atoms with Crippen molar-refractivity contribution < 1.29 is 4.79 Å². The molecule has 0 aromatic carbocycles. The van der Waals surface area contributed by atoms with Crippen molar-refractivity contribution in [3.8, 4) is 0 Å². The third-order valence-electron chi connectivity index (χ3n) is 1.24. The van der Waals surface area contributed by atoms with Crippen LogP contribution in [0, 0.1) is 0 Å². The second kappa shape index (κ2) is 4.08. The molecule has 12 heavy (non-hydrogen) atoms. The van der Waals surface area contributed by atoms with E-state index < -0.39 is 0 Å². The summed E-state index contributed by atoms with van der Waals surface area (Å²) in [4.78, 5) is 14.8. The highest BCUT2D eigenvalue weighted by Gasteiger charge is 2.09. The van der Waals surface area contributed by atoms with Gasteiger partial charge in [0.15, 0.2) is 5.78 Å². The number of nitrogens with zero attached hydrogens (tertiary/aromatic N) is 1. The van der Waals surface area contributed by atoms with E-state index in [1.165, 1.54) is 12.3 Å². The monoisotopic (exact) mass is 223 g/mol. The molecule has 0 atom stereocenters. The van der Waals surface area contributed by atoms with E-state index in [1.807, 2.05) is 0 Å². The van der Waals surface area contributed by atoms with Crippen LogP contribution in [0.25, 0.3) is 0 Å². The SMILES string of the molecule is O=C(CCl)c1cc(Cl)ncc1Cl. The van der Waals surface area contributed by atoms with Crippen LogP contribution in [-0.2, 0) is 0 Å². The molecule has 2 nitrogen and oxygen atoms in total. The van der Waals surface area contributed by atoms with Gasteiger partial charge in [-0.05, 0) is 6.07 Å². The van der Waals surface area contributed by atoms with Crippen molar-refractivity contribution in [1.82, 2.24) is 4.98 Å². The molecule has 0 saturated carbocycles. The average Bonchev–Trinajstić information content (AvgIpc) is 2.08. The van der Waals surface area contributed by atoms with E-state index in [-0.39, 0.29) is 21.8 Å². The third-order valence-corrected chi connectivity index (χ3v) is 1.99. The van der Waals surface area contributed by atoms with E-state index in [9.17, 15) is 4.79 Å². The molecular weight excluding hydrogens is 220 g/mol. The number of carbonyl (C=O) groups excluding carboxylic acids is 1. The zero-order valence-corrected chi connectivity index (χ0v) is 8.12. The first-order valence-electron chi connectivity index (χ1n) is 3.05. The van der Waals surface area contributed by atoms with Crippen LogP contribution in [0.5, 0.6) is 0 Å². The predicted molar refractivity (Wildman–Crippen MR) is 49.3 cm³/mol. The fourth-order valence-corrected chi connectivity index (χ4v) is 1.21. The third kappa shape index (κ3) is 2.09. The van der Waals surface area contributed by atoms with Crippen LogP contribution in [0.3, 0.4) is 0 Å². The van der Waals surface area contributed by atoms with Crippen LogP contribution in [-0.4, -0.2) is 16.6 Å². The number of Topliss-reactive ketones (excluding diaryl/α,β-unsaturated/α-hetero) is 1. The number of rotatable bonds is 2. The summed E-state index contributed by atoms with van der Waals surface area (Å²) in [6.07, 6.45) is 1.32. The Balaban J connectivity index is 3.13. The number of halogens is 3. The molecule has 0 aliphatic rings. The van der Waals surface area contributed by atoms with Gasteiger partial charge in [0.1, 0.15) is 5.15 Å². The highest BCUT2D eigenvalue weighted by atomic mass is 35.5. The van der Waals surface area contributed by atoms with Crippen molar-refractivity contribution in [3.63, 3.8) is 0 Å². The molecule has 0 fully saturated rings. The minimum absolute atomic E-state index is 0.111. The van der Waals surface area contributed by atoms with E-state index in [0.717, 1.165) is 0 Å². The van der Waals surface area contributed by atoms with Gasteiger partial charge >= 0.3 is 0 Å². The first-order chi connectivity index (χ1) is 5.65. The number of hydrogen-bond acceptors (Lipinski definition) is 2. The van der Waals surface area contributed by atoms with Crippen LogP contribution < -0.4 is 0 Å².